The van der Waals surface area contributed by atoms with E-state index in [1.54, 1.807) is 6.07 Å². The minimum absolute atomic E-state index is 0.0540. The van der Waals surface area contributed by atoms with Gasteiger partial charge >= 0.3 is 6.18 Å². The number of alkyl halides is 3. The molecule has 0 saturated carbocycles. The van der Waals surface area contributed by atoms with Crippen LogP contribution in [-0.2, 0) is 9.53 Å². The van der Waals surface area contributed by atoms with Crippen LogP contribution in [0.15, 0.2) is 18.2 Å². The molecule has 0 fully saturated rings. The number of carbonyl (C=O) groups excluding carboxylic acids is 1. The fraction of sp³-hybridized carbons (Fsp3) is 0.417. The molecular formula is C12H12Cl2F3NO3. The first kappa shape index (κ1) is 17.9. The van der Waals surface area contributed by atoms with Gasteiger partial charge in [0.05, 0.1) is 11.6 Å². The molecule has 0 atom stereocenters. The molecule has 0 unspecified atom stereocenters. The number of halogens is 5. The highest BCUT2D eigenvalue weighted by atomic mass is 35.5. The van der Waals surface area contributed by atoms with E-state index >= 15 is 0 Å². The molecule has 0 aliphatic carbocycles. The van der Waals surface area contributed by atoms with Crippen LogP contribution in [0.4, 0.5) is 13.2 Å². The van der Waals surface area contributed by atoms with Crippen molar-refractivity contribution < 1.29 is 27.4 Å². The SMILES string of the molecule is O=C(COc1cc(Cl)ccc1Cl)NCCOCC(F)(F)F. The summed E-state index contributed by atoms with van der Waals surface area (Å²) in [6.45, 7) is -1.98. The number of ether oxygens (including phenoxy) is 2. The van der Waals surface area contributed by atoms with E-state index in [1.165, 1.54) is 12.1 Å². The van der Waals surface area contributed by atoms with Crippen LogP contribution in [0.5, 0.6) is 5.75 Å². The lowest BCUT2D eigenvalue weighted by Gasteiger charge is -2.10. The fourth-order valence-electron chi connectivity index (χ4n) is 1.23. The summed E-state index contributed by atoms with van der Waals surface area (Å²) in [7, 11) is 0. The molecule has 0 aromatic heterocycles. The third kappa shape index (κ3) is 7.99. The molecule has 0 aliphatic rings. The smallest absolute Gasteiger partial charge is 0.411 e. The first-order chi connectivity index (χ1) is 9.78. The van der Waals surface area contributed by atoms with E-state index in [2.05, 4.69) is 10.1 Å². The number of nitrogens with one attached hydrogen (secondary N) is 1. The molecule has 0 heterocycles. The molecule has 118 valence electrons. The molecule has 0 radical (unpaired) electrons. The Bertz CT molecular complexity index is 483. The van der Waals surface area contributed by atoms with Crippen molar-refractivity contribution in [3.8, 4) is 5.75 Å². The van der Waals surface area contributed by atoms with Crippen molar-refractivity contribution in [1.29, 1.82) is 0 Å². The van der Waals surface area contributed by atoms with Crippen molar-refractivity contribution in [2.45, 2.75) is 6.18 Å². The molecule has 0 bridgehead atoms. The molecule has 21 heavy (non-hydrogen) atoms. The zero-order chi connectivity index (χ0) is 15.9. The van der Waals surface area contributed by atoms with Gasteiger partial charge in [0.2, 0.25) is 0 Å². The Kier molecular flexibility index (Phi) is 7.07. The minimum Gasteiger partial charge on any atom is -0.482 e. The van der Waals surface area contributed by atoms with Crippen molar-refractivity contribution >= 4 is 29.1 Å². The van der Waals surface area contributed by atoms with E-state index in [0.717, 1.165) is 0 Å². The number of amides is 1. The molecule has 1 N–H and O–H groups in total. The van der Waals surface area contributed by atoms with E-state index in [1.807, 2.05) is 0 Å². The topological polar surface area (TPSA) is 47.6 Å². The minimum atomic E-state index is -4.38. The van der Waals surface area contributed by atoms with Crippen LogP contribution in [0.2, 0.25) is 10.0 Å². The van der Waals surface area contributed by atoms with Gasteiger partial charge in [-0.2, -0.15) is 13.2 Å². The number of rotatable bonds is 7. The van der Waals surface area contributed by atoms with Crippen LogP contribution in [0.25, 0.3) is 0 Å². The molecule has 0 saturated heterocycles. The molecular weight excluding hydrogens is 334 g/mol. The molecule has 1 rings (SSSR count). The predicted molar refractivity (Wildman–Crippen MR) is 71.8 cm³/mol. The maximum absolute atomic E-state index is 11.8. The van der Waals surface area contributed by atoms with Gasteiger partial charge in [-0.05, 0) is 12.1 Å². The summed E-state index contributed by atoms with van der Waals surface area (Å²) >= 11 is 11.6. The molecule has 1 aromatic rings. The number of hydrogen-bond acceptors (Lipinski definition) is 3. The van der Waals surface area contributed by atoms with Gasteiger partial charge in [0, 0.05) is 17.6 Å². The second-order valence-corrected chi connectivity index (χ2v) is 4.72. The van der Waals surface area contributed by atoms with E-state index in [0.29, 0.717) is 10.0 Å². The average Bonchev–Trinajstić information content (AvgIpc) is 2.38. The third-order valence-corrected chi connectivity index (χ3v) is 2.63. The molecule has 9 heteroatoms. The molecule has 0 spiro atoms. The van der Waals surface area contributed by atoms with Crippen LogP contribution in [0, 0.1) is 0 Å². The number of benzene rings is 1. The summed E-state index contributed by atoms with van der Waals surface area (Å²) in [5.41, 5.74) is 0. The van der Waals surface area contributed by atoms with Crippen molar-refractivity contribution in [3.05, 3.63) is 28.2 Å². The fourth-order valence-corrected chi connectivity index (χ4v) is 1.57. The van der Waals surface area contributed by atoms with Gasteiger partial charge in [0.1, 0.15) is 12.4 Å². The van der Waals surface area contributed by atoms with Crippen molar-refractivity contribution in [1.82, 2.24) is 5.32 Å². The van der Waals surface area contributed by atoms with Crippen LogP contribution in [0.3, 0.4) is 0 Å². The van der Waals surface area contributed by atoms with Gasteiger partial charge in [0.25, 0.3) is 5.91 Å². The first-order valence-corrected chi connectivity index (χ1v) is 6.52. The Labute approximate surface area is 129 Å². The van der Waals surface area contributed by atoms with Gasteiger partial charge in [-0.15, -0.1) is 0 Å². The second kappa shape index (κ2) is 8.31. The van der Waals surface area contributed by atoms with Crippen molar-refractivity contribution in [2.75, 3.05) is 26.4 Å². The van der Waals surface area contributed by atoms with Crippen LogP contribution < -0.4 is 10.1 Å². The van der Waals surface area contributed by atoms with E-state index < -0.39 is 18.7 Å². The van der Waals surface area contributed by atoms with Gasteiger partial charge in [-0.25, -0.2) is 0 Å². The largest absolute Gasteiger partial charge is 0.482 e. The predicted octanol–water partition coefficient (Wildman–Crippen LogP) is 3.07. The number of carbonyl (C=O) groups is 1. The highest BCUT2D eigenvalue weighted by molar-refractivity contribution is 6.34. The van der Waals surface area contributed by atoms with Crippen LogP contribution >= 0.6 is 23.2 Å². The Morgan fingerprint density at radius 2 is 2.00 bits per heavy atom. The standard InChI is InChI=1S/C12H12Cl2F3NO3/c13-8-1-2-9(14)10(5-8)21-6-11(19)18-3-4-20-7-12(15,16)17/h1-2,5H,3-4,6-7H2,(H,18,19). The summed E-state index contributed by atoms with van der Waals surface area (Å²) in [6, 6.07) is 4.53. The van der Waals surface area contributed by atoms with Crippen LogP contribution in [-0.4, -0.2) is 38.4 Å². The Balaban J connectivity index is 2.21. The lowest BCUT2D eigenvalue weighted by molar-refractivity contribution is -0.173. The Morgan fingerprint density at radius 1 is 1.29 bits per heavy atom. The number of hydrogen-bond donors (Lipinski definition) is 1. The van der Waals surface area contributed by atoms with Gasteiger partial charge in [-0.3, -0.25) is 4.79 Å². The monoisotopic (exact) mass is 345 g/mol. The van der Waals surface area contributed by atoms with Crippen molar-refractivity contribution in [3.63, 3.8) is 0 Å². The zero-order valence-corrected chi connectivity index (χ0v) is 12.2. The maximum atomic E-state index is 11.8. The lowest BCUT2D eigenvalue weighted by atomic mass is 10.3. The van der Waals surface area contributed by atoms with E-state index in [4.69, 9.17) is 27.9 Å². The summed E-state index contributed by atoms with van der Waals surface area (Å²) in [6.07, 6.45) is -4.38. The maximum Gasteiger partial charge on any atom is 0.411 e. The highest BCUT2D eigenvalue weighted by Crippen LogP contribution is 2.27. The summed E-state index contributed by atoms with van der Waals surface area (Å²) in [5.74, 6) is -0.269. The van der Waals surface area contributed by atoms with E-state index in [9.17, 15) is 18.0 Å². The molecule has 4 nitrogen and oxygen atoms in total. The van der Waals surface area contributed by atoms with Gasteiger partial charge in [-0.1, -0.05) is 23.2 Å². The van der Waals surface area contributed by atoms with E-state index in [-0.39, 0.29) is 25.5 Å². The molecule has 0 aliphatic heterocycles. The zero-order valence-electron chi connectivity index (χ0n) is 10.7. The quantitative estimate of drug-likeness (QED) is 0.772. The third-order valence-electron chi connectivity index (χ3n) is 2.09. The highest BCUT2D eigenvalue weighted by Gasteiger charge is 2.27. The summed E-state index contributed by atoms with van der Waals surface area (Å²) < 4.78 is 44.8. The van der Waals surface area contributed by atoms with Gasteiger partial charge < -0.3 is 14.8 Å². The lowest BCUT2D eigenvalue weighted by Crippen LogP contribution is -2.32. The molecule has 1 amide bonds. The summed E-state index contributed by atoms with van der Waals surface area (Å²) in [5, 5.41) is 3.03. The average molecular weight is 346 g/mol. The second-order valence-electron chi connectivity index (χ2n) is 3.88. The van der Waals surface area contributed by atoms with Crippen LogP contribution in [0.1, 0.15) is 0 Å². The van der Waals surface area contributed by atoms with Gasteiger partial charge in [0.15, 0.2) is 6.61 Å². The normalized spacial score (nSPS) is 11.3. The first-order valence-electron chi connectivity index (χ1n) is 5.77. The Morgan fingerprint density at radius 3 is 2.67 bits per heavy atom. The Hall–Kier alpha value is -1.18. The molecule has 1 aromatic carbocycles. The summed E-state index contributed by atoms with van der Waals surface area (Å²) in [4.78, 5) is 11.4. The van der Waals surface area contributed by atoms with Crippen molar-refractivity contribution in [2.24, 2.45) is 0 Å².